The van der Waals surface area contributed by atoms with Crippen molar-refractivity contribution in [3.63, 3.8) is 0 Å². The van der Waals surface area contributed by atoms with Crippen molar-refractivity contribution in [3.8, 4) is 10.6 Å². The van der Waals surface area contributed by atoms with Gasteiger partial charge in [0.15, 0.2) is 6.61 Å². The highest BCUT2D eigenvalue weighted by atomic mass is 35.5. The molecule has 2 aromatic rings. The number of ether oxygens (including phenoxy) is 1. The molecule has 0 unspecified atom stereocenters. The number of primary amides is 1. The highest BCUT2D eigenvalue weighted by Gasteiger charge is 2.18. The summed E-state index contributed by atoms with van der Waals surface area (Å²) in [5, 5.41) is 3.41. The lowest BCUT2D eigenvalue weighted by molar-refractivity contribution is -0.127. The Morgan fingerprint density at radius 2 is 2.12 bits per heavy atom. The number of nitrogens with zero attached hydrogens (tertiary/aromatic N) is 1. The lowest BCUT2D eigenvalue weighted by atomic mass is 10.2. The molecule has 3 N–H and O–H groups in total. The fourth-order valence-corrected chi connectivity index (χ4v) is 2.91. The van der Waals surface area contributed by atoms with E-state index in [2.05, 4.69) is 10.3 Å². The Kier molecular flexibility index (Phi) is 5.88. The van der Waals surface area contributed by atoms with Crippen LogP contribution < -0.4 is 11.1 Å². The number of aryl methyl sites for hydroxylation is 1. The van der Waals surface area contributed by atoms with Gasteiger partial charge in [0.05, 0.1) is 12.2 Å². The third-order valence-electron chi connectivity index (χ3n) is 2.85. The van der Waals surface area contributed by atoms with Crippen LogP contribution in [0.1, 0.15) is 15.4 Å². The van der Waals surface area contributed by atoms with Crippen molar-refractivity contribution in [2.24, 2.45) is 5.73 Å². The van der Waals surface area contributed by atoms with E-state index in [-0.39, 0.29) is 6.54 Å². The zero-order chi connectivity index (χ0) is 17.7. The van der Waals surface area contributed by atoms with Crippen LogP contribution in [0.15, 0.2) is 24.3 Å². The molecule has 0 aliphatic heterocycles. The molecule has 0 fully saturated rings. The SMILES string of the molecule is Cc1nc(-c2cccc(Cl)c2)sc1C(=O)OCC(=O)NCC(N)=O. The molecule has 0 aliphatic carbocycles. The number of benzene rings is 1. The fourth-order valence-electron chi connectivity index (χ4n) is 1.76. The summed E-state index contributed by atoms with van der Waals surface area (Å²) >= 11 is 7.10. The number of rotatable bonds is 6. The maximum Gasteiger partial charge on any atom is 0.350 e. The number of carbonyl (C=O) groups is 3. The van der Waals surface area contributed by atoms with Crippen LogP contribution in [0.25, 0.3) is 10.6 Å². The van der Waals surface area contributed by atoms with Crippen LogP contribution in [0.2, 0.25) is 5.02 Å². The molecule has 1 aromatic carbocycles. The number of nitrogens with two attached hydrogens (primary N) is 1. The number of carbonyl (C=O) groups excluding carboxylic acids is 3. The van der Waals surface area contributed by atoms with Crippen LogP contribution in [0, 0.1) is 6.92 Å². The number of hydrogen-bond donors (Lipinski definition) is 2. The van der Waals surface area contributed by atoms with Gasteiger partial charge in [-0.15, -0.1) is 11.3 Å². The topological polar surface area (TPSA) is 111 Å². The van der Waals surface area contributed by atoms with E-state index < -0.39 is 24.4 Å². The number of nitrogens with one attached hydrogen (secondary N) is 1. The molecule has 126 valence electrons. The van der Waals surface area contributed by atoms with Crippen molar-refractivity contribution >= 4 is 40.7 Å². The molecule has 1 aromatic heterocycles. The quantitative estimate of drug-likeness (QED) is 0.752. The molecule has 1 heterocycles. The summed E-state index contributed by atoms with van der Waals surface area (Å²) in [5.41, 5.74) is 6.18. The first kappa shape index (κ1) is 17.9. The number of esters is 1. The second kappa shape index (κ2) is 7.89. The van der Waals surface area contributed by atoms with Crippen LogP contribution in [-0.2, 0) is 14.3 Å². The average molecular weight is 368 g/mol. The van der Waals surface area contributed by atoms with E-state index in [0.717, 1.165) is 16.9 Å². The van der Waals surface area contributed by atoms with Gasteiger partial charge in [0, 0.05) is 10.6 Å². The number of amides is 2. The standard InChI is InChI=1S/C15H14ClN3O4S/c1-8-13(15(22)23-7-12(21)18-6-11(17)20)24-14(19-8)9-3-2-4-10(16)5-9/h2-5H,6-7H2,1H3,(H2,17,20)(H,18,21). The van der Waals surface area contributed by atoms with Gasteiger partial charge in [-0.2, -0.15) is 0 Å². The first-order valence-corrected chi connectivity index (χ1v) is 8.01. The number of hydrogen-bond acceptors (Lipinski definition) is 6. The van der Waals surface area contributed by atoms with Gasteiger partial charge >= 0.3 is 5.97 Å². The van der Waals surface area contributed by atoms with Gasteiger partial charge in [0.25, 0.3) is 5.91 Å². The summed E-state index contributed by atoms with van der Waals surface area (Å²) in [7, 11) is 0. The summed E-state index contributed by atoms with van der Waals surface area (Å²) < 4.78 is 4.92. The van der Waals surface area contributed by atoms with Gasteiger partial charge in [0.1, 0.15) is 9.88 Å². The van der Waals surface area contributed by atoms with Crippen LogP contribution >= 0.6 is 22.9 Å². The first-order valence-electron chi connectivity index (χ1n) is 6.82. The van der Waals surface area contributed by atoms with E-state index in [9.17, 15) is 14.4 Å². The molecule has 0 saturated heterocycles. The minimum Gasteiger partial charge on any atom is -0.451 e. The second-order valence-electron chi connectivity index (χ2n) is 4.76. The van der Waals surface area contributed by atoms with E-state index in [1.54, 1.807) is 25.1 Å². The molecule has 9 heteroatoms. The van der Waals surface area contributed by atoms with Gasteiger partial charge < -0.3 is 15.8 Å². The van der Waals surface area contributed by atoms with Gasteiger partial charge in [-0.3, -0.25) is 9.59 Å². The summed E-state index contributed by atoms with van der Waals surface area (Å²) in [4.78, 5) is 38.7. The summed E-state index contributed by atoms with van der Waals surface area (Å²) in [6.45, 7) is 0.860. The normalized spacial score (nSPS) is 10.2. The summed E-state index contributed by atoms with van der Waals surface area (Å²) in [5.74, 6) is -1.95. The van der Waals surface area contributed by atoms with E-state index in [1.165, 1.54) is 0 Å². The Morgan fingerprint density at radius 1 is 1.38 bits per heavy atom. The van der Waals surface area contributed by atoms with Crippen molar-refractivity contribution in [2.45, 2.75) is 6.92 Å². The van der Waals surface area contributed by atoms with Crippen molar-refractivity contribution in [1.82, 2.24) is 10.3 Å². The molecule has 0 radical (unpaired) electrons. The zero-order valence-electron chi connectivity index (χ0n) is 12.7. The Hall–Kier alpha value is -2.45. The third-order valence-corrected chi connectivity index (χ3v) is 4.27. The van der Waals surface area contributed by atoms with E-state index in [0.29, 0.717) is 20.6 Å². The molecule has 0 aliphatic rings. The van der Waals surface area contributed by atoms with Crippen molar-refractivity contribution in [2.75, 3.05) is 13.2 Å². The maximum atomic E-state index is 12.1. The number of aromatic nitrogens is 1. The molecule has 0 saturated carbocycles. The summed E-state index contributed by atoms with van der Waals surface area (Å²) in [6.07, 6.45) is 0. The third kappa shape index (κ3) is 4.77. The first-order chi connectivity index (χ1) is 11.4. The molecule has 0 bridgehead atoms. The monoisotopic (exact) mass is 367 g/mol. The summed E-state index contributed by atoms with van der Waals surface area (Å²) in [6, 6.07) is 7.10. The van der Waals surface area contributed by atoms with E-state index >= 15 is 0 Å². The van der Waals surface area contributed by atoms with Crippen LogP contribution in [0.5, 0.6) is 0 Å². The smallest absolute Gasteiger partial charge is 0.350 e. The van der Waals surface area contributed by atoms with Crippen LogP contribution in [-0.4, -0.2) is 35.9 Å². The Morgan fingerprint density at radius 3 is 2.79 bits per heavy atom. The largest absolute Gasteiger partial charge is 0.451 e. The minimum atomic E-state index is -0.681. The molecular formula is C15H14ClN3O4S. The molecule has 2 amide bonds. The van der Waals surface area contributed by atoms with Crippen molar-refractivity contribution in [3.05, 3.63) is 39.9 Å². The highest BCUT2D eigenvalue weighted by molar-refractivity contribution is 7.17. The predicted molar refractivity (Wildman–Crippen MR) is 89.8 cm³/mol. The molecule has 7 nitrogen and oxygen atoms in total. The van der Waals surface area contributed by atoms with Gasteiger partial charge in [-0.05, 0) is 19.1 Å². The molecule has 2 rings (SSSR count). The van der Waals surface area contributed by atoms with Crippen molar-refractivity contribution < 1.29 is 19.1 Å². The zero-order valence-corrected chi connectivity index (χ0v) is 14.2. The average Bonchev–Trinajstić information content (AvgIpc) is 2.92. The molecule has 24 heavy (non-hydrogen) atoms. The van der Waals surface area contributed by atoms with Crippen LogP contribution in [0.3, 0.4) is 0 Å². The van der Waals surface area contributed by atoms with E-state index in [1.807, 2.05) is 6.07 Å². The Bertz CT molecular complexity index is 791. The Labute approximate surface area is 146 Å². The lowest BCUT2D eigenvalue weighted by Crippen LogP contribution is -2.35. The van der Waals surface area contributed by atoms with Gasteiger partial charge in [0.2, 0.25) is 5.91 Å². The fraction of sp³-hybridized carbons (Fsp3) is 0.200. The number of thiazole rings is 1. The highest BCUT2D eigenvalue weighted by Crippen LogP contribution is 2.29. The van der Waals surface area contributed by atoms with Gasteiger partial charge in [-0.25, -0.2) is 9.78 Å². The van der Waals surface area contributed by atoms with Crippen molar-refractivity contribution in [1.29, 1.82) is 0 Å². The molecule has 0 spiro atoms. The lowest BCUT2D eigenvalue weighted by Gasteiger charge is -2.04. The molecular weight excluding hydrogens is 354 g/mol. The number of halogens is 1. The van der Waals surface area contributed by atoms with Gasteiger partial charge in [-0.1, -0.05) is 23.7 Å². The maximum absolute atomic E-state index is 12.1. The second-order valence-corrected chi connectivity index (χ2v) is 6.20. The predicted octanol–water partition coefficient (Wildman–Crippen LogP) is 1.53. The van der Waals surface area contributed by atoms with Crippen LogP contribution in [0.4, 0.5) is 0 Å². The minimum absolute atomic E-state index is 0.299. The Balaban J connectivity index is 2.03. The molecule has 0 atom stereocenters. The van der Waals surface area contributed by atoms with E-state index in [4.69, 9.17) is 22.1 Å².